The van der Waals surface area contributed by atoms with Crippen LogP contribution in [0, 0.1) is 0 Å². The number of nitrogens with one attached hydrogen (secondary N) is 2. The quantitative estimate of drug-likeness (QED) is 0.0168. The summed E-state index contributed by atoms with van der Waals surface area (Å²) in [5.41, 5.74) is 1.73. The Morgan fingerprint density at radius 3 is 1.86 bits per heavy atom. The molecule has 1 unspecified atom stereocenters. The number of carbonyl (C=O) groups is 4. The number of thiazole rings is 1. The summed E-state index contributed by atoms with van der Waals surface area (Å²) < 4.78 is 13.8. The SMILES string of the molecule is CC(C)(C)OC(=O)C(C)(C)O/N=C(\C(=O)NC1C(=O)N2C(C(=O)OC(c3ccccc3)c3ccccc3)=C(Cn3cnc4cc(O)c(O)cc43)CS[C@@H]12)c1csc(NC(c2ccccc2)(c2ccccc2)c2ccccc2)n1. The molecule has 2 aliphatic rings. The zero-order chi connectivity index (χ0) is 54.8. The van der Waals surface area contributed by atoms with Gasteiger partial charge >= 0.3 is 11.9 Å². The smallest absolute Gasteiger partial charge is 0.356 e. The lowest BCUT2D eigenvalue weighted by molar-refractivity contribution is -0.179. The van der Waals surface area contributed by atoms with Crippen molar-refractivity contribution in [1.29, 1.82) is 0 Å². The number of hydrogen-bond acceptors (Lipinski definition) is 15. The van der Waals surface area contributed by atoms with Crippen LogP contribution in [0.2, 0.25) is 0 Å². The Kier molecular flexibility index (Phi) is 14.7. The van der Waals surface area contributed by atoms with E-state index in [1.54, 1.807) is 30.7 Å². The molecule has 2 atom stereocenters. The zero-order valence-electron chi connectivity index (χ0n) is 43.2. The number of carbonyl (C=O) groups excluding carboxylic acids is 4. The summed E-state index contributed by atoms with van der Waals surface area (Å²) in [7, 11) is 0. The normalized spacial score (nSPS) is 15.8. The first-order valence-electron chi connectivity index (χ1n) is 25.1. The number of benzene rings is 6. The number of anilines is 1. The second-order valence-electron chi connectivity index (χ2n) is 20.2. The first-order chi connectivity index (χ1) is 37.5. The summed E-state index contributed by atoms with van der Waals surface area (Å²) >= 11 is 2.54. The number of aromatic nitrogens is 3. The van der Waals surface area contributed by atoms with E-state index in [1.165, 1.54) is 60.3 Å². The van der Waals surface area contributed by atoms with Gasteiger partial charge in [0.15, 0.2) is 28.4 Å². The second kappa shape index (κ2) is 21.7. The molecule has 0 spiro atoms. The van der Waals surface area contributed by atoms with Crippen LogP contribution in [0.15, 0.2) is 192 Å². The van der Waals surface area contributed by atoms with E-state index < -0.39 is 58.0 Å². The topological polar surface area (TPSA) is 207 Å². The Morgan fingerprint density at radius 1 is 0.769 bits per heavy atom. The Balaban J connectivity index is 0.996. The lowest BCUT2D eigenvalue weighted by Crippen LogP contribution is -2.71. The molecule has 0 bridgehead atoms. The summed E-state index contributed by atoms with van der Waals surface area (Å²) in [6.07, 6.45) is 0.660. The van der Waals surface area contributed by atoms with Crippen LogP contribution in [0.5, 0.6) is 11.5 Å². The van der Waals surface area contributed by atoms with Gasteiger partial charge in [-0.15, -0.1) is 23.1 Å². The van der Waals surface area contributed by atoms with Crippen LogP contribution in [0.25, 0.3) is 11.0 Å². The van der Waals surface area contributed by atoms with Crippen LogP contribution < -0.4 is 10.6 Å². The third kappa shape index (κ3) is 10.7. The van der Waals surface area contributed by atoms with E-state index in [-0.39, 0.29) is 40.9 Å². The van der Waals surface area contributed by atoms with Crippen molar-refractivity contribution in [3.63, 3.8) is 0 Å². The molecule has 2 aliphatic heterocycles. The van der Waals surface area contributed by atoms with Gasteiger partial charge in [-0.3, -0.25) is 14.5 Å². The van der Waals surface area contributed by atoms with Crippen molar-refractivity contribution < 1.29 is 43.7 Å². The highest BCUT2D eigenvalue weighted by Gasteiger charge is 2.55. The molecule has 396 valence electrons. The molecule has 2 aromatic heterocycles. The van der Waals surface area contributed by atoms with Crippen molar-refractivity contribution in [3.8, 4) is 11.5 Å². The van der Waals surface area contributed by atoms with Crippen molar-refractivity contribution in [1.82, 2.24) is 24.8 Å². The summed E-state index contributed by atoms with van der Waals surface area (Å²) in [5.74, 6) is -3.45. The molecule has 78 heavy (non-hydrogen) atoms. The molecule has 0 radical (unpaired) electrons. The Morgan fingerprint density at radius 2 is 1.31 bits per heavy atom. The molecular weight excluding hydrogens is 1030 g/mol. The van der Waals surface area contributed by atoms with Crippen LogP contribution >= 0.6 is 23.1 Å². The third-order valence-electron chi connectivity index (χ3n) is 13.2. The van der Waals surface area contributed by atoms with Gasteiger partial charge in [0, 0.05) is 29.8 Å². The number of phenolic OH excluding ortho intramolecular Hbond substituents is 2. The number of imidazole rings is 1. The van der Waals surface area contributed by atoms with Gasteiger partial charge in [-0.25, -0.2) is 19.6 Å². The van der Waals surface area contributed by atoms with Crippen LogP contribution in [0.4, 0.5) is 5.13 Å². The molecule has 6 aromatic carbocycles. The van der Waals surface area contributed by atoms with E-state index in [4.69, 9.17) is 19.3 Å². The molecule has 16 nitrogen and oxygen atoms in total. The number of esters is 2. The predicted octanol–water partition coefficient (Wildman–Crippen LogP) is 9.84. The lowest BCUT2D eigenvalue weighted by Gasteiger charge is -2.49. The summed E-state index contributed by atoms with van der Waals surface area (Å²) in [4.78, 5) is 74.8. The van der Waals surface area contributed by atoms with Crippen molar-refractivity contribution in [2.45, 2.75) is 75.4 Å². The summed E-state index contributed by atoms with van der Waals surface area (Å²) in [6.45, 7) is 8.16. The number of fused-ring (bicyclic) bond motifs is 2. The van der Waals surface area contributed by atoms with Crippen LogP contribution in [0.1, 0.15) is 74.2 Å². The third-order valence-corrected chi connectivity index (χ3v) is 15.3. The Labute approximate surface area is 458 Å². The van der Waals surface area contributed by atoms with Crippen LogP contribution in [0.3, 0.4) is 0 Å². The minimum Gasteiger partial charge on any atom is -0.504 e. The molecule has 0 aliphatic carbocycles. The maximum atomic E-state index is 15.0. The fourth-order valence-corrected chi connectivity index (χ4v) is 11.4. The molecule has 4 N–H and O–H groups in total. The highest BCUT2D eigenvalue weighted by atomic mass is 32.2. The predicted molar refractivity (Wildman–Crippen MR) is 298 cm³/mol. The minimum atomic E-state index is -1.69. The maximum Gasteiger partial charge on any atom is 0.356 e. The van der Waals surface area contributed by atoms with Gasteiger partial charge in [0.1, 0.15) is 33.9 Å². The molecule has 1 fully saturated rings. The Hall–Kier alpha value is -8.74. The van der Waals surface area contributed by atoms with E-state index in [2.05, 4.69) is 20.8 Å². The van der Waals surface area contributed by atoms with E-state index in [0.29, 0.717) is 32.9 Å². The number of rotatable bonds is 17. The first kappa shape index (κ1) is 52.7. The van der Waals surface area contributed by atoms with Crippen LogP contribution in [-0.4, -0.2) is 87.5 Å². The monoisotopic (exact) mass is 1080 g/mol. The minimum absolute atomic E-state index is 0.0127. The number of amides is 2. The molecule has 8 aromatic rings. The standard InChI is InChI=1S/C60H55N7O9S2/c1-58(2,3)75-56(73)59(4,5)76-65-48(44-35-78-57(62-44)64-60(40-25-15-8-16-26-40,41-27-17-9-18-28-41)42-29-19-10-20-30-42)52(70)63-49-53(71)67-50(55(72)74-51(37-21-11-6-12-22-37)38-23-13-7-14-24-38)39(34-77-54(49)67)33-66-36-61-43-31-46(68)47(69)32-45(43)66/h6-32,35-36,49,51,54,68-69H,33-34H2,1-5H3,(H,62,64)(H,63,70)/b65-48-/t49?,54-/m0/s1. The van der Waals surface area contributed by atoms with E-state index in [9.17, 15) is 29.4 Å². The van der Waals surface area contributed by atoms with Gasteiger partial charge in [0.25, 0.3) is 11.8 Å². The number of nitrogens with zero attached hydrogens (tertiary/aromatic N) is 5. The van der Waals surface area contributed by atoms with Crippen molar-refractivity contribution in [2.75, 3.05) is 11.1 Å². The van der Waals surface area contributed by atoms with Gasteiger partial charge in [-0.1, -0.05) is 157 Å². The number of hydrogen-bond donors (Lipinski definition) is 4. The number of oxime groups is 1. The average Bonchev–Trinajstić information content (AvgIpc) is 4.13. The number of aromatic hydroxyl groups is 2. The molecule has 2 amide bonds. The van der Waals surface area contributed by atoms with Crippen molar-refractivity contribution in [2.24, 2.45) is 5.16 Å². The maximum absolute atomic E-state index is 15.0. The van der Waals surface area contributed by atoms with Crippen LogP contribution in [-0.2, 0) is 45.6 Å². The average molecular weight is 1080 g/mol. The van der Waals surface area contributed by atoms with Crippen molar-refractivity contribution >= 4 is 68.7 Å². The van der Waals surface area contributed by atoms with E-state index in [0.717, 1.165) is 16.7 Å². The Bertz CT molecular complexity index is 3430. The number of phenols is 2. The highest BCUT2D eigenvalue weighted by Crippen LogP contribution is 2.44. The summed E-state index contributed by atoms with van der Waals surface area (Å²) in [5, 5.41) is 32.9. The zero-order valence-corrected chi connectivity index (χ0v) is 44.8. The van der Waals surface area contributed by atoms with Gasteiger partial charge in [-0.2, -0.15) is 0 Å². The van der Waals surface area contributed by atoms with Gasteiger partial charge in [0.05, 0.1) is 17.4 Å². The van der Waals surface area contributed by atoms with Gasteiger partial charge in [0.2, 0.25) is 5.60 Å². The molecule has 1 saturated heterocycles. The first-order valence-corrected chi connectivity index (χ1v) is 27.0. The number of β-lactam (4-membered cyclic amide) rings is 1. The van der Waals surface area contributed by atoms with Gasteiger partial charge < -0.3 is 39.7 Å². The summed E-state index contributed by atoms with van der Waals surface area (Å²) in [6, 6.07) is 49.9. The van der Waals surface area contributed by atoms with E-state index in [1.807, 2.05) is 152 Å². The lowest BCUT2D eigenvalue weighted by atomic mass is 9.77. The number of ether oxygens (including phenoxy) is 2. The molecule has 10 rings (SSSR count). The second-order valence-corrected chi connectivity index (χ2v) is 22.1. The molecule has 18 heteroatoms. The number of thioether (sulfide) groups is 1. The molecule has 0 saturated carbocycles. The largest absolute Gasteiger partial charge is 0.504 e. The molecule has 4 heterocycles. The van der Waals surface area contributed by atoms with Gasteiger partial charge in [-0.05, 0) is 68.0 Å². The molecular formula is C60H55N7O9S2. The highest BCUT2D eigenvalue weighted by molar-refractivity contribution is 8.00. The fourth-order valence-electron chi connectivity index (χ4n) is 9.35. The van der Waals surface area contributed by atoms with E-state index >= 15 is 0 Å². The van der Waals surface area contributed by atoms with Crippen molar-refractivity contribution in [3.05, 3.63) is 220 Å². The fraction of sp³-hybridized carbons (Fsp3) is 0.217.